The number of hydrogen-bond acceptors (Lipinski definition) is 6. The molecule has 1 heterocycles. The smallest absolute Gasteiger partial charge is 0.416 e. The van der Waals surface area contributed by atoms with Gasteiger partial charge in [0.05, 0.1) is 50.3 Å². The molecule has 14 heteroatoms. The van der Waals surface area contributed by atoms with Crippen LogP contribution in [0.2, 0.25) is 0 Å². The number of ether oxygens (including phenoxy) is 4. The Hall–Kier alpha value is -3.84. The van der Waals surface area contributed by atoms with Crippen LogP contribution in [-0.2, 0) is 28.4 Å². The number of carbonyl (C=O) groups is 2. The fourth-order valence-corrected chi connectivity index (χ4v) is 5.13. The van der Waals surface area contributed by atoms with E-state index in [-0.39, 0.29) is 30.5 Å². The maximum absolute atomic E-state index is 13.6. The number of halogens is 6. The van der Waals surface area contributed by atoms with Gasteiger partial charge in [0.1, 0.15) is 0 Å². The second-order valence-electron chi connectivity index (χ2n) is 10.3. The van der Waals surface area contributed by atoms with Gasteiger partial charge in [-0.3, -0.25) is 9.80 Å². The maximum atomic E-state index is 13.6. The van der Waals surface area contributed by atoms with Crippen LogP contribution in [0, 0.1) is 0 Å². The number of methoxy groups -OCH3 is 2. The molecule has 2 aromatic rings. The molecule has 0 saturated heterocycles. The summed E-state index contributed by atoms with van der Waals surface area (Å²) in [6, 6.07) is 2.68. The van der Waals surface area contributed by atoms with Gasteiger partial charge in [-0.1, -0.05) is 19.8 Å². The van der Waals surface area contributed by atoms with Crippen molar-refractivity contribution in [1.29, 1.82) is 0 Å². The van der Waals surface area contributed by atoms with E-state index in [0.717, 1.165) is 31.3 Å². The van der Waals surface area contributed by atoms with Gasteiger partial charge >= 0.3 is 24.5 Å². The number of hydrogen-bond donors (Lipinski definition) is 0. The molecule has 0 bridgehead atoms. The SMILES string of the molecule is CCCCCOc1cc2c(cc1OC)C(N(Cc1cc(C(F)(F)F)cc(C(F)(F)F)c1)C(=O)OC)CC(C)N2C(=O)OCC. The minimum atomic E-state index is -5.07. The first-order valence-electron chi connectivity index (χ1n) is 14.1. The average Bonchev–Trinajstić information content (AvgIpc) is 2.96. The van der Waals surface area contributed by atoms with Crippen LogP contribution < -0.4 is 14.4 Å². The standard InChI is InChI=1S/C30H36F6N2O6/c1-6-8-9-10-44-26-16-24-22(15-25(26)41-4)23(11-18(3)38(24)28(40)43-7-2)37(27(39)42-5)17-19-12-20(29(31,32)33)14-21(13-19)30(34,35)36/h12-16,18,23H,6-11,17H2,1-5H3. The number of fused-ring (bicyclic) bond motifs is 1. The third-order valence-corrected chi connectivity index (χ3v) is 7.19. The number of alkyl halides is 6. The van der Waals surface area contributed by atoms with Crippen molar-refractivity contribution in [2.75, 3.05) is 32.3 Å². The van der Waals surface area contributed by atoms with Crippen LogP contribution in [0.1, 0.15) is 74.8 Å². The molecular weight excluding hydrogens is 598 g/mol. The quantitative estimate of drug-likeness (QED) is 0.193. The zero-order valence-corrected chi connectivity index (χ0v) is 25.1. The molecule has 2 amide bonds. The molecule has 2 aromatic carbocycles. The predicted molar refractivity (Wildman–Crippen MR) is 149 cm³/mol. The fraction of sp³-hybridized carbons (Fsp3) is 0.533. The molecule has 2 unspecified atom stereocenters. The summed E-state index contributed by atoms with van der Waals surface area (Å²) in [7, 11) is 2.44. The Bertz CT molecular complexity index is 1280. The van der Waals surface area contributed by atoms with Crippen molar-refractivity contribution >= 4 is 17.9 Å². The first-order chi connectivity index (χ1) is 20.7. The summed E-state index contributed by atoms with van der Waals surface area (Å²) >= 11 is 0. The highest BCUT2D eigenvalue weighted by Gasteiger charge is 2.42. The van der Waals surface area contributed by atoms with Crippen LogP contribution in [0.5, 0.6) is 11.5 Å². The molecule has 0 aromatic heterocycles. The number of unbranched alkanes of at least 4 members (excludes halogenated alkanes) is 2. The van der Waals surface area contributed by atoms with Crippen molar-refractivity contribution < 1.29 is 54.9 Å². The summed E-state index contributed by atoms with van der Waals surface area (Å²) in [4.78, 5) is 28.6. The zero-order valence-electron chi connectivity index (χ0n) is 25.1. The highest BCUT2D eigenvalue weighted by Crippen LogP contribution is 2.47. The molecule has 8 nitrogen and oxygen atoms in total. The molecule has 0 aliphatic carbocycles. The molecule has 44 heavy (non-hydrogen) atoms. The van der Waals surface area contributed by atoms with Crippen LogP contribution in [-0.4, -0.2) is 50.6 Å². The van der Waals surface area contributed by atoms with Crippen LogP contribution >= 0.6 is 0 Å². The Kier molecular flexibility index (Phi) is 11.3. The minimum Gasteiger partial charge on any atom is -0.493 e. The summed E-state index contributed by atoms with van der Waals surface area (Å²) in [6.45, 7) is 5.12. The number of anilines is 1. The van der Waals surface area contributed by atoms with Crippen molar-refractivity contribution in [3.05, 3.63) is 52.6 Å². The molecule has 244 valence electrons. The molecule has 1 aliphatic heterocycles. The average molecular weight is 635 g/mol. The maximum Gasteiger partial charge on any atom is 0.416 e. The van der Waals surface area contributed by atoms with E-state index < -0.39 is 59.9 Å². The van der Waals surface area contributed by atoms with E-state index in [9.17, 15) is 35.9 Å². The summed E-state index contributed by atoms with van der Waals surface area (Å²) in [5, 5.41) is 0. The zero-order chi connectivity index (χ0) is 32.8. The summed E-state index contributed by atoms with van der Waals surface area (Å²) < 4.78 is 103. The topological polar surface area (TPSA) is 77.5 Å². The van der Waals surface area contributed by atoms with Crippen LogP contribution in [0.4, 0.5) is 41.6 Å². The van der Waals surface area contributed by atoms with Gasteiger partial charge in [-0.15, -0.1) is 0 Å². The van der Waals surface area contributed by atoms with Gasteiger partial charge in [-0.25, -0.2) is 9.59 Å². The van der Waals surface area contributed by atoms with Crippen molar-refractivity contribution in [1.82, 2.24) is 4.90 Å². The molecule has 0 N–H and O–H groups in total. The van der Waals surface area contributed by atoms with Gasteiger partial charge in [0.25, 0.3) is 0 Å². The molecule has 1 aliphatic rings. The first-order valence-corrected chi connectivity index (χ1v) is 14.1. The number of amides is 2. The van der Waals surface area contributed by atoms with Crippen molar-refractivity contribution in [2.24, 2.45) is 0 Å². The molecule has 2 atom stereocenters. The highest BCUT2D eigenvalue weighted by molar-refractivity contribution is 5.91. The summed E-state index contributed by atoms with van der Waals surface area (Å²) in [5.41, 5.74) is -2.81. The Labute approximate surface area is 251 Å². The van der Waals surface area contributed by atoms with Crippen molar-refractivity contribution in [2.45, 2.75) is 77.4 Å². The Balaban J connectivity index is 2.18. The number of nitrogens with zero attached hydrogens (tertiary/aromatic N) is 2. The van der Waals surface area contributed by atoms with E-state index in [1.807, 2.05) is 6.92 Å². The largest absolute Gasteiger partial charge is 0.493 e. The van der Waals surface area contributed by atoms with Crippen LogP contribution in [0.15, 0.2) is 30.3 Å². The first kappa shape index (κ1) is 34.6. The van der Waals surface area contributed by atoms with Crippen molar-refractivity contribution in [3.8, 4) is 11.5 Å². The van der Waals surface area contributed by atoms with E-state index in [0.29, 0.717) is 30.1 Å². The molecule has 0 spiro atoms. The van der Waals surface area contributed by atoms with E-state index in [1.165, 1.54) is 18.1 Å². The monoisotopic (exact) mass is 634 g/mol. The van der Waals surface area contributed by atoms with Gasteiger partial charge < -0.3 is 18.9 Å². The third-order valence-electron chi connectivity index (χ3n) is 7.19. The second-order valence-corrected chi connectivity index (χ2v) is 10.3. The molecule has 0 radical (unpaired) electrons. The number of rotatable bonds is 10. The van der Waals surface area contributed by atoms with E-state index in [4.69, 9.17) is 18.9 Å². The molecule has 0 fully saturated rings. The lowest BCUT2D eigenvalue weighted by molar-refractivity contribution is -0.143. The summed E-state index contributed by atoms with van der Waals surface area (Å²) in [6.07, 6.45) is -9.14. The van der Waals surface area contributed by atoms with Gasteiger partial charge in [-0.05, 0) is 56.5 Å². The lowest BCUT2D eigenvalue weighted by Crippen LogP contribution is -2.47. The Morgan fingerprint density at radius 1 is 0.932 bits per heavy atom. The lowest BCUT2D eigenvalue weighted by Gasteiger charge is -2.42. The number of carbonyl (C=O) groups excluding carboxylic acids is 2. The van der Waals surface area contributed by atoms with Crippen LogP contribution in [0.25, 0.3) is 0 Å². The van der Waals surface area contributed by atoms with Crippen molar-refractivity contribution in [3.63, 3.8) is 0 Å². The predicted octanol–water partition coefficient (Wildman–Crippen LogP) is 8.37. The Morgan fingerprint density at radius 2 is 1.57 bits per heavy atom. The van der Waals surface area contributed by atoms with E-state index in [1.54, 1.807) is 19.9 Å². The van der Waals surface area contributed by atoms with Gasteiger partial charge in [0, 0.05) is 24.2 Å². The lowest BCUT2D eigenvalue weighted by atomic mass is 9.90. The van der Waals surface area contributed by atoms with Gasteiger partial charge in [0.2, 0.25) is 0 Å². The molecular formula is C30H36F6N2O6. The highest BCUT2D eigenvalue weighted by atomic mass is 19.4. The third kappa shape index (κ3) is 8.00. The van der Waals surface area contributed by atoms with E-state index in [2.05, 4.69) is 0 Å². The van der Waals surface area contributed by atoms with E-state index >= 15 is 0 Å². The summed E-state index contributed by atoms with van der Waals surface area (Å²) in [5.74, 6) is 0.564. The van der Waals surface area contributed by atoms with Gasteiger partial charge in [-0.2, -0.15) is 26.3 Å². The van der Waals surface area contributed by atoms with Crippen LogP contribution in [0.3, 0.4) is 0 Å². The minimum absolute atomic E-state index is 0.0219. The number of benzene rings is 2. The second kappa shape index (κ2) is 14.3. The molecule has 0 saturated carbocycles. The normalized spacial score (nSPS) is 16.7. The fourth-order valence-electron chi connectivity index (χ4n) is 5.13. The Morgan fingerprint density at radius 3 is 2.09 bits per heavy atom. The molecule has 3 rings (SSSR count). The van der Waals surface area contributed by atoms with Gasteiger partial charge in [0.15, 0.2) is 11.5 Å².